The summed E-state index contributed by atoms with van der Waals surface area (Å²) < 4.78 is 0.399. The van der Waals surface area contributed by atoms with Crippen LogP contribution in [0.25, 0.3) is 0 Å². The van der Waals surface area contributed by atoms with Crippen molar-refractivity contribution in [3.05, 3.63) is 27.2 Å². The van der Waals surface area contributed by atoms with Crippen LogP contribution < -0.4 is 5.73 Å². The van der Waals surface area contributed by atoms with Gasteiger partial charge in [-0.25, -0.2) is 0 Å². The fraction of sp³-hybridized carbons (Fsp3) is 0.250. The van der Waals surface area contributed by atoms with Gasteiger partial charge in [-0.05, 0) is 22.0 Å². The maximum Gasteiger partial charge on any atom is 0.136 e. The predicted octanol–water partition coefficient (Wildman–Crippen LogP) is 1.80. The van der Waals surface area contributed by atoms with Crippen LogP contribution in [0.2, 0.25) is 5.02 Å². The third-order valence-electron chi connectivity index (χ3n) is 1.70. The topological polar surface area (TPSA) is 66.5 Å². The smallest absolute Gasteiger partial charge is 0.136 e. The molecule has 4 N–H and O–H groups in total. The van der Waals surface area contributed by atoms with E-state index in [1.54, 1.807) is 12.1 Å². The Hall–Kier alpha value is -0.290. The normalized spacial score (nSPS) is 12.9. The second-order valence-corrected chi connectivity index (χ2v) is 3.79. The highest BCUT2D eigenvalue weighted by Gasteiger charge is 2.13. The zero-order valence-electron chi connectivity index (χ0n) is 6.67. The van der Waals surface area contributed by atoms with Gasteiger partial charge in [0.2, 0.25) is 0 Å². The summed E-state index contributed by atoms with van der Waals surface area (Å²) in [6, 6.07) is 2.60. The van der Waals surface area contributed by atoms with Crippen LogP contribution in [0.5, 0.6) is 5.75 Å². The molecule has 0 aromatic heterocycles. The standard InChI is InChI=1S/C8H9BrClNO2/c9-7-5(10)2-1-4(8(7)13)6(11)3-12/h1-2,6,12-13H,3,11H2. The predicted molar refractivity (Wildman–Crippen MR) is 54.8 cm³/mol. The Bertz CT molecular complexity index is 319. The van der Waals surface area contributed by atoms with Crippen molar-refractivity contribution in [1.29, 1.82) is 0 Å². The number of hydrogen-bond donors (Lipinski definition) is 3. The molecule has 0 amide bonds. The maximum atomic E-state index is 9.56. The molecule has 0 heterocycles. The lowest BCUT2D eigenvalue weighted by Gasteiger charge is -2.12. The van der Waals surface area contributed by atoms with Gasteiger partial charge in [-0.3, -0.25) is 0 Å². The van der Waals surface area contributed by atoms with Crippen LogP contribution in [0, 0.1) is 0 Å². The minimum absolute atomic E-state index is 0.0194. The Morgan fingerprint density at radius 1 is 1.54 bits per heavy atom. The number of aromatic hydroxyl groups is 1. The van der Waals surface area contributed by atoms with Gasteiger partial charge in [-0.2, -0.15) is 0 Å². The summed E-state index contributed by atoms with van der Waals surface area (Å²) in [7, 11) is 0. The molecule has 1 rings (SSSR count). The van der Waals surface area contributed by atoms with Crippen molar-refractivity contribution in [2.24, 2.45) is 5.73 Å². The van der Waals surface area contributed by atoms with E-state index in [2.05, 4.69) is 15.9 Å². The van der Waals surface area contributed by atoms with Crippen molar-refractivity contribution in [3.63, 3.8) is 0 Å². The molecule has 0 fully saturated rings. The van der Waals surface area contributed by atoms with Gasteiger partial charge < -0.3 is 15.9 Å². The quantitative estimate of drug-likeness (QED) is 0.765. The minimum atomic E-state index is -0.589. The molecule has 0 spiro atoms. The molecule has 1 aromatic rings. The highest BCUT2D eigenvalue weighted by molar-refractivity contribution is 9.10. The molecule has 0 aliphatic rings. The molecule has 0 saturated carbocycles. The van der Waals surface area contributed by atoms with Crippen LogP contribution >= 0.6 is 27.5 Å². The Morgan fingerprint density at radius 2 is 2.15 bits per heavy atom. The number of phenolic OH excluding ortho intramolecular Hbond substituents is 1. The molecule has 1 aromatic carbocycles. The van der Waals surface area contributed by atoms with Crippen molar-refractivity contribution >= 4 is 27.5 Å². The van der Waals surface area contributed by atoms with Crippen LogP contribution in [0.3, 0.4) is 0 Å². The first-order valence-electron chi connectivity index (χ1n) is 3.61. The molecule has 0 aliphatic carbocycles. The third kappa shape index (κ3) is 2.14. The highest BCUT2D eigenvalue weighted by atomic mass is 79.9. The number of nitrogens with two attached hydrogens (primary N) is 1. The van der Waals surface area contributed by atoms with E-state index in [-0.39, 0.29) is 12.4 Å². The van der Waals surface area contributed by atoms with E-state index < -0.39 is 6.04 Å². The van der Waals surface area contributed by atoms with Crippen LogP contribution in [0.1, 0.15) is 11.6 Å². The molecule has 72 valence electrons. The lowest BCUT2D eigenvalue weighted by atomic mass is 10.1. The van der Waals surface area contributed by atoms with Crippen molar-refractivity contribution in [3.8, 4) is 5.75 Å². The van der Waals surface area contributed by atoms with Crippen LogP contribution in [-0.2, 0) is 0 Å². The van der Waals surface area contributed by atoms with Gasteiger partial charge in [0.1, 0.15) is 5.75 Å². The molecule has 1 atom stereocenters. The van der Waals surface area contributed by atoms with E-state index in [9.17, 15) is 5.11 Å². The average Bonchev–Trinajstić information content (AvgIpc) is 2.13. The van der Waals surface area contributed by atoms with E-state index in [1.807, 2.05) is 0 Å². The van der Waals surface area contributed by atoms with Crippen molar-refractivity contribution in [1.82, 2.24) is 0 Å². The number of rotatable bonds is 2. The Kier molecular flexibility index (Phi) is 3.55. The van der Waals surface area contributed by atoms with E-state index in [1.165, 1.54) is 0 Å². The minimum Gasteiger partial charge on any atom is -0.506 e. The highest BCUT2D eigenvalue weighted by Crippen LogP contribution is 2.36. The summed E-state index contributed by atoms with van der Waals surface area (Å²) in [5.74, 6) is -0.0194. The van der Waals surface area contributed by atoms with E-state index in [0.717, 1.165) is 0 Å². The summed E-state index contributed by atoms with van der Waals surface area (Å²) in [6.07, 6.45) is 0. The summed E-state index contributed by atoms with van der Waals surface area (Å²) in [5, 5.41) is 18.8. The van der Waals surface area contributed by atoms with Crippen molar-refractivity contribution < 1.29 is 10.2 Å². The first kappa shape index (κ1) is 10.8. The Labute approximate surface area is 89.3 Å². The fourth-order valence-corrected chi connectivity index (χ4v) is 1.47. The number of halogens is 2. The summed E-state index contributed by atoms with van der Waals surface area (Å²) >= 11 is 8.83. The average molecular weight is 267 g/mol. The van der Waals surface area contributed by atoms with E-state index in [4.69, 9.17) is 22.4 Å². The molecule has 5 heteroatoms. The molecule has 0 saturated heterocycles. The number of phenols is 1. The molecule has 1 unspecified atom stereocenters. The second kappa shape index (κ2) is 4.28. The first-order chi connectivity index (χ1) is 6.07. The zero-order chi connectivity index (χ0) is 10.0. The molecular weight excluding hydrogens is 257 g/mol. The molecule has 0 aliphatic heterocycles. The Morgan fingerprint density at radius 3 is 2.69 bits per heavy atom. The number of aliphatic hydroxyl groups is 1. The molecule has 0 radical (unpaired) electrons. The van der Waals surface area contributed by atoms with Crippen molar-refractivity contribution in [2.75, 3.05) is 6.61 Å². The van der Waals surface area contributed by atoms with Crippen LogP contribution in [0.15, 0.2) is 16.6 Å². The first-order valence-corrected chi connectivity index (χ1v) is 4.78. The summed E-state index contributed by atoms with van der Waals surface area (Å²) in [6.45, 7) is -0.221. The number of benzene rings is 1. The number of aliphatic hydroxyl groups excluding tert-OH is 1. The van der Waals surface area contributed by atoms with E-state index in [0.29, 0.717) is 15.1 Å². The zero-order valence-corrected chi connectivity index (χ0v) is 9.01. The molecule has 13 heavy (non-hydrogen) atoms. The van der Waals surface area contributed by atoms with Gasteiger partial charge in [0.05, 0.1) is 22.1 Å². The lowest BCUT2D eigenvalue weighted by Crippen LogP contribution is -2.14. The molecule has 0 bridgehead atoms. The fourth-order valence-electron chi connectivity index (χ4n) is 0.952. The van der Waals surface area contributed by atoms with Gasteiger partial charge >= 0.3 is 0 Å². The van der Waals surface area contributed by atoms with Gasteiger partial charge in [0, 0.05) is 5.56 Å². The molecule has 3 nitrogen and oxygen atoms in total. The van der Waals surface area contributed by atoms with Gasteiger partial charge in [-0.1, -0.05) is 17.7 Å². The van der Waals surface area contributed by atoms with Gasteiger partial charge in [0.15, 0.2) is 0 Å². The maximum absolute atomic E-state index is 9.56. The van der Waals surface area contributed by atoms with Crippen LogP contribution in [-0.4, -0.2) is 16.8 Å². The third-order valence-corrected chi connectivity index (χ3v) is 3.04. The number of hydrogen-bond acceptors (Lipinski definition) is 3. The van der Waals surface area contributed by atoms with Crippen molar-refractivity contribution in [2.45, 2.75) is 6.04 Å². The lowest BCUT2D eigenvalue weighted by molar-refractivity contribution is 0.265. The van der Waals surface area contributed by atoms with E-state index >= 15 is 0 Å². The second-order valence-electron chi connectivity index (χ2n) is 2.59. The monoisotopic (exact) mass is 265 g/mol. The molecular formula is C8H9BrClNO2. The summed E-state index contributed by atoms with van der Waals surface area (Å²) in [4.78, 5) is 0. The Balaban J connectivity index is 3.18. The van der Waals surface area contributed by atoms with Crippen LogP contribution in [0.4, 0.5) is 0 Å². The van der Waals surface area contributed by atoms with Gasteiger partial charge in [-0.15, -0.1) is 0 Å². The van der Waals surface area contributed by atoms with Gasteiger partial charge in [0.25, 0.3) is 0 Å². The SMILES string of the molecule is NC(CO)c1ccc(Cl)c(Br)c1O. The summed E-state index contributed by atoms with van der Waals surface area (Å²) in [5.41, 5.74) is 6.01. The largest absolute Gasteiger partial charge is 0.506 e.